The van der Waals surface area contributed by atoms with E-state index in [0.29, 0.717) is 24.7 Å². The van der Waals surface area contributed by atoms with E-state index in [9.17, 15) is 12.8 Å². The Balaban J connectivity index is 1.72. The first-order valence-electron chi connectivity index (χ1n) is 7.01. The number of hydrogen-bond acceptors (Lipinski definition) is 3. The van der Waals surface area contributed by atoms with E-state index < -0.39 is 15.8 Å². The molecule has 0 unspecified atom stereocenters. The van der Waals surface area contributed by atoms with Gasteiger partial charge < -0.3 is 0 Å². The van der Waals surface area contributed by atoms with Crippen LogP contribution in [0.2, 0.25) is 0 Å². The number of rotatable bonds is 3. The highest BCUT2D eigenvalue weighted by Gasteiger charge is 2.35. The van der Waals surface area contributed by atoms with Gasteiger partial charge in [0.05, 0.1) is 5.75 Å². The van der Waals surface area contributed by atoms with Crippen molar-refractivity contribution >= 4 is 10.0 Å². The van der Waals surface area contributed by atoms with E-state index in [1.807, 2.05) is 0 Å². The third-order valence-electron chi connectivity index (χ3n) is 4.18. The SMILES string of the molecule is O=S(=O)(Cc1cccc(F)c1)N1CCN2CCC[C@H]2C1. The van der Waals surface area contributed by atoms with Crippen molar-refractivity contribution in [2.45, 2.75) is 24.6 Å². The molecular formula is C14H19FN2O2S. The number of piperazine rings is 1. The zero-order valence-electron chi connectivity index (χ0n) is 11.3. The van der Waals surface area contributed by atoms with Gasteiger partial charge in [0.25, 0.3) is 0 Å². The molecule has 0 aromatic heterocycles. The molecule has 20 heavy (non-hydrogen) atoms. The molecular weight excluding hydrogens is 279 g/mol. The molecule has 1 aromatic rings. The van der Waals surface area contributed by atoms with Crippen molar-refractivity contribution in [3.63, 3.8) is 0 Å². The fourth-order valence-corrected chi connectivity index (χ4v) is 4.69. The van der Waals surface area contributed by atoms with Crippen molar-refractivity contribution in [1.82, 2.24) is 9.21 Å². The minimum Gasteiger partial charge on any atom is -0.298 e. The summed E-state index contributed by atoms with van der Waals surface area (Å²) in [7, 11) is -3.35. The van der Waals surface area contributed by atoms with Crippen LogP contribution in [0.3, 0.4) is 0 Å². The monoisotopic (exact) mass is 298 g/mol. The average Bonchev–Trinajstić information content (AvgIpc) is 2.85. The van der Waals surface area contributed by atoms with Gasteiger partial charge in [-0.1, -0.05) is 12.1 Å². The summed E-state index contributed by atoms with van der Waals surface area (Å²) in [5.41, 5.74) is 0.513. The van der Waals surface area contributed by atoms with Crippen LogP contribution in [-0.2, 0) is 15.8 Å². The van der Waals surface area contributed by atoms with E-state index in [4.69, 9.17) is 0 Å². The predicted octanol–water partition coefficient (Wildman–Crippen LogP) is 1.44. The summed E-state index contributed by atoms with van der Waals surface area (Å²) in [6.45, 7) is 3.03. The Morgan fingerprint density at radius 2 is 2.10 bits per heavy atom. The van der Waals surface area contributed by atoms with Gasteiger partial charge in [-0.2, -0.15) is 4.31 Å². The Bertz CT molecular complexity index is 591. The van der Waals surface area contributed by atoms with Crippen molar-refractivity contribution in [2.24, 2.45) is 0 Å². The Morgan fingerprint density at radius 1 is 1.25 bits per heavy atom. The fourth-order valence-electron chi connectivity index (χ4n) is 3.14. The van der Waals surface area contributed by atoms with Crippen LogP contribution in [0.15, 0.2) is 24.3 Å². The lowest BCUT2D eigenvalue weighted by Crippen LogP contribution is -2.52. The molecule has 2 aliphatic heterocycles. The molecule has 0 saturated carbocycles. The molecule has 110 valence electrons. The molecule has 3 rings (SSSR count). The molecule has 0 bridgehead atoms. The average molecular weight is 298 g/mol. The maximum Gasteiger partial charge on any atom is 0.218 e. The van der Waals surface area contributed by atoms with Gasteiger partial charge in [-0.05, 0) is 37.1 Å². The second kappa shape index (κ2) is 5.42. The summed E-state index contributed by atoms with van der Waals surface area (Å²) < 4.78 is 39.6. The van der Waals surface area contributed by atoms with Gasteiger partial charge in [0.15, 0.2) is 0 Å². The molecule has 2 fully saturated rings. The third kappa shape index (κ3) is 2.87. The number of benzene rings is 1. The summed E-state index contributed by atoms with van der Waals surface area (Å²) in [4.78, 5) is 2.37. The zero-order valence-corrected chi connectivity index (χ0v) is 12.2. The topological polar surface area (TPSA) is 40.6 Å². The number of fused-ring (bicyclic) bond motifs is 1. The largest absolute Gasteiger partial charge is 0.298 e. The molecule has 0 spiro atoms. The number of halogens is 1. The smallest absolute Gasteiger partial charge is 0.218 e. The van der Waals surface area contributed by atoms with Crippen LogP contribution < -0.4 is 0 Å². The highest BCUT2D eigenvalue weighted by Crippen LogP contribution is 2.24. The molecule has 4 nitrogen and oxygen atoms in total. The highest BCUT2D eigenvalue weighted by atomic mass is 32.2. The fraction of sp³-hybridized carbons (Fsp3) is 0.571. The standard InChI is InChI=1S/C14H19FN2O2S/c15-13-4-1-3-12(9-13)11-20(18,19)17-8-7-16-6-2-5-14(16)10-17/h1,3-4,9,14H,2,5-8,10-11H2/t14-/m0/s1. The van der Waals surface area contributed by atoms with Crippen LogP contribution in [-0.4, -0.2) is 49.8 Å². The van der Waals surface area contributed by atoms with Gasteiger partial charge in [-0.3, -0.25) is 4.90 Å². The first-order chi connectivity index (χ1) is 9.54. The van der Waals surface area contributed by atoms with Crippen molar-refractivity contribution in [3.05, 3.63) is 35.6 Å². The summed E-state index contributed by atoms with van der Waals surface area (Å²) in [6, 6.07) is 6.20. The third-order valence-corrected chi connectivity index (χ3v) is 6.00. The van der Waals surface area contributed by atoms with Crippen molar-refractivity contribution in [1.29, 1.82) is 0 Å². The lowest BCUT2D eigenvalue weighted by Gasteiger charge is -2.36. The second-order valence-electron chi connectivity index (χ2n) is 5.58. The van der Waals surface area contributed by atoms with Crippen molar-refractivity contribution in [2.75, 3.05) is 26.2 Å². The van der Waals surface area contributed by atoms with Crippen LogP contribution in [0.25, 0.3) is 0 Å². The van der Waals surface area contributed by atoms with Gasteiger partial charge in [0.2, 0.25) is 10.0 Å². The predicted molar refractivity (Wildman–Crippen MR) is 75.2 cm³/mol. The minimum atomic E-state index is -3.35. The number of hydrogen-bond donors (Lipinski definition) is 0. The summed E-state index contributed by atoms with van der Waals surface area (Å²) >= 11 is 0. The maximum absolute atomic E-state index is 13.1. The van der Waals surface area contributed by atoms with E-state index >= 15 is 0 Å². The van der Waals surface area contributed by atoms with Gasteiger partial charge in [-0.25, -0.2) is 12.8 Å². The van der Waals surface area contributed by atoms with E-state index in [-0.39, 0.29) is 5.75 Å². The molecule has 2 heterocycles. The highest BCUT2D eigenvalue weighted by molar-refractivity contribution is 7.88. The van der Waals surface area contributed by atoms with Gasteiger partial charge in [0, 0.05) is 25.7 Å². The van der Waals surface area contributed by atoms with E-state index in [1.54, 1.807) is 16.4 Å². The number of nitrogens with zero attached hydrogens (tertiary/aromatic N) is 2. The van der Waals surface area contributed by atoms with E-state index in [1.165, 1.54) is 12.1 Å². The molecule has 0 amide bonds. The first-order valence-corrected chi connectivity index (χ1v) is 8.62. The maximum atomic E-state index is 13.1. The quantitative estimate of drug-likeness (QED) is 0.848. The second-order valence-corrected chi connectivity index (χ2v) is 7.55. The van der Waals surface area contributed by atoms with Gasteiger partial charge in [-0.15, -0.1) is 0 Å². The van der Waals surface area contributed by atoms with Crippen molar-refractivity contribution < 1.29 is 12.8 Å². The molecule has 1 aromatic carbocycles. The molecule has 2 saturated heterocycles. The molecule has 0 radical (unpaired) electrons. The lowest BCUT2D eigenvalue weighted by atomic mass is 10.2. The van der Waals surface area contributed by atoms with Crippen LogP contribution >= 0.6 is 0 Å². The summed E-state index contributed by atoms with van der Waals surface area (Å²) in [5, 5.41) is 0. The Kier molecular flexibility index (Phi) is 3.79. The first kappa shape index (κ1) is 14.0. The minimum absolute atomic E-state index is 0.114. The van der Waals surface area contributed by atoms with Gasteiger partial charge in [0.1, 0.15) is 5.82 Å². The number of sulfonamides is 1. The van der Waals surface area contributed by atoms with E-state index in [0.717, 1.165) is 25.9 Å². The van der Waals surface area contributed by atoms with Crippen LogP contribution in [0.5, 0.6) is 0 Å². The van der Waals surface area contributed by atoms with Gasteiger partial charge >= 0.3 is 0 Å². The lowest BCUT2D eigenvalue weighted by molar-refractivity contribution is 0.158. The zero-order chi connectivity index (χ0) is 14.2. The molecule has 0 N–H and O–H groups in total. The molecule has 2 aliphatic rings. The summed E-state index contributed by atoms with van der Waals surface area (Å²) in [6.07, 6.45) is 2.23. The molecule has 6 heteroatoms. The van der Waals surface area contributed by atoms with Crippen LogP contribution in [0.1, 0.15) is 18.4 Å². The van der Waals surface area contributed by atoms with Crippen LogP contribution in [0, 0.1) is 5.82 Å². The van der Waals surface area contributed by atoms with E-state index in [2.05, 4.69) is 4.90 Å². The Morgan fingerprint density at radius 3 is 2.90 bits per heavy atom. The summed E-state index contributed by atoms with van der Waals surface area (Å²) in [5.74, 6) is -0.504. The normalized spacial score (nSPS) is 24.8. The van der Waals surface area contributed by atoms with Crippen molar-refractivity contribution in [3.8, 4) is 0 Å². The molecule has 0 aliphatic carbocycles. The molecule has 1 atom stereocenters. The van der Waals surface area contributed by atoms with Crippen LogP contribution in [0.4, 0.5) is 4.39 Å². The Labute approximate surface area is 119 Å². The Hall–Kier alpha value is -0.980.